The van der Waals surface area contributed by atoms with Crippen molar-refractivity contribution in [2.45, 2.75) is 19.8 Å². The number of benzene rings is 1. The van der Waals surface area contributed by atoms with Gasteiger partial charge in [-0.15, -0.1) is 11.3 Å². The van der Waals surface area contributed by atoms with Crippen molar-refractivity contribution in [3.63, 3.8) is 0 Å². The van der Waals surface area contributed by atoms with Gasteiger partial charge >= 0.3 is 13.9 Å². The van der Waals surface area contributed by atoms with E-state index in [0.717, 1.165) is 28.7 Å². The first-order valence-electron chi connectivity index (χ1n) is 13.2. The number of carbonyl (C=O) groups is 1. The van der Waals surface area contributed by atoms with Gasteiger partial charge in [0.1, 0.15) is 17.9 Å². The number of rotatable bonds is 18. The van der Waals surface area contributed by atoms with E-state index in [2.05, 4.69) is 48.6 Å². The zero-order valence-corrected chi connectivity index (χ0v) is 25.1. The second-order valence-corrected chi connectivity index (χ2v) is 11.2. The Bertz CT molecular complexity index is 1430. The summed E-state index contributed by atoms with van der Waals surface area (Å²) in [7, 11) is -4.45. The zero-order valence-electron chi connectivity index (χ0n) is 23.4. The highest BCUT2D eigenvalue weighted by Gasteiger charge is 2.14. The Hall–Kier alpha value is -3.65. The van der Waals surface area contributed by atoms with E-state index in [1.165, 1.54) is 23.7 Å². The molecule has 0 fully saturated rings. The third-order valence-electron chi connectivity index (χ3n) is 5.82. The number of hydrogen-bond acceptors (Lipinski definition) is 10. The Morgan fingerprint density at radius 2 is 2.02 bits per heavy atom. The molecule has 2 heterocycles. The highest BCUT2D eigenvalue weighted by molar-refractivity contribution is 7.46. The van der Waals surface area contributed by atoms with E-state index in [-0.39, 0.29) is 6.61 Å². The van der Waals surface area contributed by atoms with Crippen LogP contribution in [0.25, 0.3) is 10.9 Å². The summed E-state index contributed by atoms with van der Waals surface area (Å²) in [6.45, 7) is 12.1. The van der Waals surface area contributed by atoms with E-state index in [1.54, 1.807) is 18.3 Å². The average molecular weight is 618 g/mol. The van der Waals surface area contributed by atoms with Gasteiger partial charge in [0.2, 0.25) is 0 Å². The van der Waals surface area contributed by atoms with Crippen LogP contribution in [0.15, 0.2) is 67.8 Å². The van der Waals surface area contributed by atoms with Crippen LogP contribution in [0.2, 0.25) is 0 Å². The molecule has 0 spiro atoms. The number of phosphoric acid groups is 1. The summed E-state index contributed by atoms with van der Waals surface area (Å²) in [4.78, 5) is 45.8. The molecule has 1 aromatic carbocycles. The summed E-state index contributed by atoms with van der Waals surface area (Å²) in [5, 5.41) is 10.1. The number of phosphoric ester groups is 1. The number of aromatic nitrogens is 3. The summed E-state index contributed by atoms with van der Waals surface area (Å²) in [5.41, 5.74) is 1.28. The first-order valence-corrected chi connectivity index (χ1v) is 15.6. The number of nitrogens with one attached hydrogen (secondary N) is 3. The number of hydrogen-bond donors (Lipinski definition) is 5. The molecule has 0 aliphatic carbocycles. The molecule has 42 heavy (non-hydrogen) atoms. The lowest BCUT2D eigenvalue weighted by atomic mass is 10.2. The third kappa shape index (κ3) is 11.3. The summed E-state index contributed by atoms with van der Waals surface area (Å²) in [5.74, 6) is 1.39. The van der Waals surface area contributed by atoms with E-state index in [1.807, 2.05) is 30.0 Å². The number of anilines is 2. The van der Waals surface area contributed by atoms with Crippen LogP contribution >= 0.6 is 19.2 Å². The van der Waals surface area contributed by atoms with Gasteiger partial charge in [0.25, 0.3) is 0 Å². The Kier molecular flexibility index (Phi) is 13.1. The monoisotopic (exact) mass is 617 g/mol. The van der Waals surface area contributed by atoms with E-state index in [4.69, 9.17) is 14.5 Å². The molecular weight excluding hydrogens is 581 g/mol. The van der Waals surface area contributed by atoms with Crippen LogP contribution in [-0.4, -0.2) is 75.1 Å². The molecule has 2 amide bonds. The smallest absolute Gasteiger partial charge is 0.469 e. The minimum atomic E-state index is -4.45. The van der Waals surface area contributed by atoms with Crippen LogP contribution in [0.4, 0.5) is 15.7 Å². The van der Waals surface area contributed by atoms with Crippen molar-refractivity contribution in [2.75, 3.05) is 50.0 Å². The van der Waals surface area contributed by atoms with Gasteiger partial charge in [0, 0.05) is 54.3 Å². The minimum Gasteiger partial charge on any atom is -0.493 e. The fourth-order valence-electron chi connectivity index (χ4n) is 3.79. The second-order valence-electron chi connectivity index (χ2n) is 8.81. The Labute approximate surface area is 248 Å². The molecule has 13 nitrogen and oxygen atoms in total. The lowest BCUT2D eigenvalue weighted by Gasteiger charge is -2.20. The molecule has 5 N–H and O–H groups in total. The second kappa shape index (κ2) is 16.7. The number of ether oxygens (including phenoxy) is 1. The van der Waals surface area contributed by atoms with Gasteiger partial charge in [-0.05, 0) is 37.3 Å². The number of nitrogens with zero attached hydrogens (tertiary/aromatic N) is 4. The first-order chi connectivity index (χ1) is 20.2. The summed E-state index contributed by atoms with van der Waals surface area (Å²) < 4.78 is 21.2. The lowest BCUT2D eigenvalue weighted by Crippen LogP contribution is -2.29. The number of carbonyl (C=O) groups excluding carboxylic acids is 1. The molecule has 0 saturated carbocycles. The maximum Gasteiger partial charge on any atom is 0.469 e. The van der Waals surface area contributed by atoms with Crippen molar-refractivity contribution in [2.24, 2.45) is 0 Å². The number of allylic oxidation sites excluding steroid dienone is 3. The van der Waals surface area contributed by atoms with E-state index in [0.29, 0.717) is 55.1 Å². The van der Waals surface area contributed by atoms with Crippen LogP contribution in [0, 0.1) is 0 Å². The number of urea groups is 1. The number of amides is 2. The molecule has 0 atom stereocenters. The fourth-order valence-corrected chi connectivity index (χ4v) is 4.92. The molecule has 0 radical (unpaired) electrons. The molecule has 3 rings (SSSR count). The van der Waals surface area contributed by atoms with Crippen LogP contribution in [0.3, 0.4) is 0 Å². The van der Waals surface area contributed by atoms with Gasteiger partial charge in [-0.1, -0.05) is 26.2 Å². The molecule has 3 aromatic rings. The molecule has 0 aliphatic heterocycles. The quantitative estimate of drug-likeness (QED) is 0.0782. The van der Waals surface area contributed by atoms with Crippen molar-refractivity contribution in [1.82, 2.24) is 25.2 Å². The molecular formula is C27H36N7O6PS. The maximum absolute atomic E-state index is 12.1. The van der Waals surface area contributed by atoms with Crippen molar-refractivity contribution >= 4 is 47.0 Å². The molecule has 226 valence electrons. The fraction of sp³-hybridized carbons (Fsp3) is 0.333. The molecule has 15 heteroatoms. The molecule has 0 bridgehead atoms. The van der Waals surface area contributed by atoms with Crippen molar-refractivity contribution < 1.29 is 28.4 Å². The number of thiazole rings is 1. The Morgan fingerprint density at radius 1 is 1.19 bits per heavy atom. The van der Waals surface area contributed by atoms with Gasteiger partial charge in [-0.2, -0.15) is 0 Å². The normalized spacial score (nSPS) is 11.9. The molecule has 0 unspecified atom stereocenters. The van der Waals surface area contributed by atoms with Crippen molar-refractivity contribution in [3.8, 4) is 5.75 Å². The van der Waals surface area contributed by atoms with Gasteiger partial charge in [-0.3, -0.25) is 9.84 Å². The highest BCUT2D eigenvalue weighted by atomic mass is 32.1. The molecule has 2 aromatic heterocycles. The molecule has 0 saturated heterocycles. The van der Waals surface area contributed by atoms with Gasteiger partial charge in [-0.25, -0.2) is 24.3 Å². The van der Waals surface area contributed by atoms with Gasteiger partial charge in [0.05, 0.1) is 18.7 Å². The van der Waals surface area contributed by atoms with Gasteiger partial charge < -0.3 is 30.1 Å². The van der Waals surface area contributed by atoms with E-state index >= 15 is 0 Å². The van der Waals surface area contributed by atoms with Crippen LogP contribution in [-0.2, 0) is 15.5 Å². The summed E-state index contributed by atoms with van der Waals surface area (Å²) >= 11 is 1.39. The van der Waals surface area contributed by atoms with Gasteiger partial charge in [0.15, 0.2) is 5.13 Å². The van der Waals surface area contributed by atoms with Crippen molar-refractivity contribution in [1.29, 1.82) is 0 Å². The summed E-state index contributed by atoms with van der Waals surface area (Å²) in [6, 6.07) is 5.24. The first kappa shape index (κ1) is 32.9. The van der Waals surface area contributed by atoms with E-state index in [9.17, 15) is 9.36 Å². The van der Waals surface area contributed by atoms with Crippen LogP contribution in [0.1, 0.15) is 18.2 Å². The Balaban J connectivity index is 1.45. The number of likely N-dealkylation sites (N-methyl/N-ethyl adjacent to an activating group) is 1. The molecule has 0 aliphatic rings. The van der Waals surface area contributed by atoms with E-state index < -0.39 is 13.9 Å². The minimum absolute atomic E-state index is 0.0350. The summed E-state index contributed by atoms with van der Waals surface area (Å²) in [6.07, 6.45) is 9.37. The number of fused-ring (bicyclic) bond motifs is 1. The van der Waals surface area contributed by atoms with Crippen LogP contribution < -0.4 is 20.7 Å². The van der Waals surface area contributed by atoms with Crippen LogP contribution in [0.5, 0.6) is 5.75 Å². The standard InChI is InChI=1S/C27H36N7O6PS/c1-4-8-20(5-2)32-26(35)33-27-29-18-22(42-27)11-12-28-25-23-10-9-21(17-24(23)30-19-31-25)39-15-7-13-34(6-3)14-16-40-41(36,37)38/h4-5,8-10,17-19H,1-2,6-7,11-16H2,3H3,(H,28,30,31)(H2,36,37,38)(H2,29,32,33,35). The zero-order chi connectivity index (χ0) is 30.4. The largest absolute Gasteiger partial charge is 0.493 e. The predicted molar refractivity (Wildman–Crippen MR) is 165 cm³/mol. The third-order valence-corrected chi connectivity index (χ3v) is 7.31. The average Bonchev–Trinajstić information content (AvgIpc) is 3.40. The maximum atomic E-state index is 12.1. The van der Waals surface area contributed by atoms with Crippen molar-refractivity contribution in [3.05, 3.63) is 72.7 Å². The topological polar surface area (TPSA) is 171 Å². The highest BCUT2D eigenvalue weighted by Crippen LogP contribution is 2.35. The predicted octanol–water partition coefficient (Wildman–Crippen LogP) is 4.32. The lowest BCUT2D eigenvalue weighted by molar-refractivity contribution is 0.159. The SMILES string of the molecule is C=CC=C(C=C)NC(=O)Nc1ncc(CCNc2ncnc3cc(OCCCN(CC)CCOP(=O)(O)O)ccc23)s1. The Morgan fingerprint density at radius 3 is 2.76 bits per heavy atom.